The molecular formula is C11H20N4O2. The molecule has 1 amide bonds. The molecular weight excluding hydrogens is 220 g/mol. The van der Waals surface area contributed by atoms with Crippen LogP contribution in [0.4, 0.5) is 0 Å². The van der Waals surface area contributed by atoms with Gasteiger partial charge in [0.05, 0.1) is 12.1 Å². The molecule has 1 rings (SSSR count). The van der Waals surface area contributed by atoms with Crippen molar-refractivity contribution in [2.75, 3.05) is 6.61 Å². The van der Waals surface area contributed by atoms with E-state index < -0.39 is 11.4 Å². The number of aliphatic hydroxyl groups is 1. The first kappa shape index (κ1) is 13.6. The molecule has 0 saturated carbocycles. The second-order valence-corrected chi connectivity index (χ2v) is 5.75. The smallest absolute Gasteiger partial charge is 0.291 e. The number of hydrogen-bond donors (Lipinski definition) is 3. The van der Waals surface area contributed by atoms with Crippen LogP contribution in [0.1, 0.15) is 51.1 Å². The second kappa shape index (κ2) is 4.44. The van der Waals surface area contributed by atoms with Crippen LogP contribution >= 0.6 is 0 Å². The van der Waals surface area contributed by atoms with Gasteiger partial charge in [-0.15, -0.1) is 5.10 Å². The number of aliphatic hydroxyl groups excluding tert-OH is 1. The Balaban J connectivity index is 2.81. The number of nitrogens with one attached hydrogen (secondary N) is 2. The summed E-state index contributed by atoms with van der Waals surface area (Å²) in [6.45, 7) is 9.24. The number of H-pyrrole nitrogens is 1. The van der Waals surface area contributed by atoms with Gasteiger partial charge in [0.15, 0.2) is 0 Å². The SMILES string of the molecule is CC(C)(CO)NC(=O)c1n[nH]c(C(C)(C)C)n1. The Morgan fingerprint density at radius 2 is 1.94 bits per heavy atom. The van der Waals surface area contributed by atoms with Gasteiger partial charge in [-0.3, -0.25) is 9.89 Å². The Morgan fingerprint density at radius 3 is 2.35 bits per heavy atom. The van der Waals surface area contributed by atoms with Gasteiger partial charge in [0.2, 0.25) is 5.82 Å². The fourth-order valence-corrected chi connectivity index (χ4v) is 1.10. The van der Waals surface area contributed by atoms with E-state index in [1.807, 2.05) is 20.8 Å². The zero-order valence-corrected chi connectivity index (χ0v) is 11.0. The minimum atomic E-state index is -0.681. The highest BCUT2D eigenvalue weighted by molar-refractivity contribution is 5.90. The van der Waals surface area contributed by atoms with Gasteiger partial charge < -0.3 is 10.4 Å². The summed E-state index contributed by atoms with van der Waals surface area (Å²) in [6.07, 6.45) is 0. The summed E-state index contributed by atoms with van der Waals surface area (Å²) in [6, 6.07) is 0. The van der Waals surface area contributed by atoms with Crippen molar-refractivity contribution in [3.05, 3.63) is 11.6 Å². The van der Waals surface area contributed by atoms with Gasteiger partial charge in [-0.2, -0.15) is 0 Å². The summed E-state index contributed by atoms with van der Waals surface area (Å²) >= 11 is 0. The molecule has 96 valence electrons. The molecule has 0 aliphatic carbocycles. The number of aromatic amines is 1. The summed E-state index contributed by atoms with van der Waals surface area (Å²) in [5, 5.41) is 18.3. The van der Waals surface area contributed by atoms with Crippen molar-refractivity contribution >= 4 is 5.91 Å². The van der Waals surface area contributed by atoms with E-state index in [1.54, 1.807) is 13.8 Å². The van der Waals surface area contributed by atoms with Crippen molar-refractivity contribution in [2.24, 2.45) is 0 Å². The Kier molecular flexibility index (Phi) is 3.56. The zero-order valence-electron chi connectivity index (χ0n) is 11.0. The third-order valence-electron chi connectivity index (χ3n) is 2.25. The van der Waals surface area contributed by atoms with E-state index in [-0.39, 0.29) is 17.8 Å². The molecule has 17 heavy (non-hydrogen) atoms. The summed E-state index contributed by atoms with van der Waals surface area (Å²) in [7, 11) is 0. The van der Waals surface area contributed by atoms with Crippen molar-refractivity contribution in [3.63, 3.8) is 0 Å². The third kappa shape index (κ3) is 3.52. The maximum Gasteiger partial charge on any atom is 0.291 e. The van der Waals surface area contributed by atoms with E-state index in [4.69, 9.17) is 5.11 Å². The van der Waals surface area contributed by atoms with Crippen molar-refractivity contribution in [1.82, 2.24) is 20.5 Å². The third-order valence-corrected chi connectivity index (χ3v) is 2.25. The highest BCUT2D eigenvalue weighted by Crippen LogP contribution is 2.17. The van der Waals surface area contributed by atoms with Gasteiger partial charge >= 0.3 is 0 Å². The maximum absolute atomic E-state index is 11.8. The van der Waals surface area contributed by atoms with E-state index in [2.05, 4.69) is 20.5 Å². The molecule has 1 heterocycles. The van der Waals surface area contributed by atoms with Gasteiger partial charge in [-0.25, -0.2) is 4.98 Å². The average Bonchev–Trinajstić information content (AvgIpc) is 2.65. The van der Waals surface area contributed by atoms with Crippen LogP contribution in [0, 0.1) is 0 Å². The molecule has 1 aromatic heterocycles. The zero-order chi connectivity index (χ0) is 13.3. The molecule has 0 fully saturated rings. The van der Waals surface area contributed by atoms with Crippen LogP contribution in [0.2, 0.25) is 0 Å². The van der Waals surface area contributed by atoms with Crippen LogP contribution in [-0.2, 0) is 5.41 Å². The number of rotatable bonds is 3. The number of nitrogens with zero attached hydrogens (tertiary/aromatic N) is 2. The number of aromatic nitrogens is 3. The predicted octanol–water partition coefficient (Wildman–Crippen LogP) is 0.603. The standard InChI is InChI=1S/C11H20N4O2/c1-10(2,3)9-12-7(14-15-9)8(17)13-11(4,5)6-16/h16H,6H2,1-5H3,(H,13,17)(H,12,14,15). The Bertz CT molecular complexity index is 404. The lowest BCUT2D eigenvalue weighted by molar-refractivity contribution is 0.0859. The molecule has 0 bridgehead atoms. The Morgan fingerprint density at radius 1 is 1.35 bits per heavy atom. The quantitative estimate of drug-likeness (QED) is 0.721. The van der Waals surface area contributed by atoms with Crippen LogP contribution in [0.15, 0.2) is 0 Å². The molecule has 6 heteroatoms. The van der Waals surface area contributed by atoms with E-state index in [0.29, 0.717) is 5.82 Å². The first-order valence-corrected chi connectivity index (χ1v) is 5.52. The minimum Gasteiger partial charge on any atom is -0.394 e. The molecule has 1 aromatic rings. The lowest BCUT2D eigenvalue weighted by Crippen LogP contribution is -2.46. The highest BCUT2D eigenvalue weighted by Gasteiger charge is 2.25. The van der Waals surface area contributed by atoms with Crippen LogP contribution in [0.5, 0.6) is 0 Å². The number of carbonyl (C=O) groups is 1. The first-order chi connectivity index (χ1) is 7.65. The topological polar surface area (TPSA) is 90.9 Å². The van der Waals surface area contributed by atoms with Gasteiger partial charge in [-0.1, -0.05) is 20.8 Å². The monoisotopic (exact) mass is 240 g/mol. The van der Waals surface area contributed by atoms with Gasteiger partial charge in [0.25, 0.3) is 5.91 Å². The number of carbonyl (C=O) groups excluding carboxylic acids is 1. The van der Waals surface area contributed by atoms with Gasteiger partial charge in [-0.05, 0) is 13.8 Å². The highest BCUT2D eigenvalue weighted by atomic mass is 16.3. The Labute approximate surface area is 101 Å². The molecule has 0 atom stereocenters. The minimum absolute atomic E-state index is 0.0939. The van der Waals surface area contributed by atoms with E-state index >= 15 is 0 Å². The van der Waals surface area contributed by atoms with Gasteiger partial charge in [0, 0.05) is 5.41 Å². The molecule has 0 aliphatic rings. The number of hydrogen-bond acceptors (Lipinski definition) is 4. The molecule has 0 spiro atoms. The van der Waals surface area contributed by atoms with Crippen molar-refractivity contribution < 1.29 is 9.90 Å². The average molecular weight is 240 g/mol. The van der Waals surface area contributed by atoms with E-state index in [9.17, 15) is 4.79 Å². The molecule has 6 nitrogen and oxygen atoms in total. The van der Waals surface area contributed by atoms with Crippen LogP contribution in [0.3, 0.4) is 0 Å². The van der Waals surface area contributed by atoms with E-state index in [0.717, 1.165) is 0 Å². The second-order valence-electron chi connectivity index (χ2n) is 5.75. The fraction of sp³-hybridized carbons (Fsp3) is 0.727. The number of amides is 1. The Hall–Kier alpha value is -1.43. The fourth-order valence-electron chi connectivity index (χ4n) is 1.10. The normalized spacial score (nSPS) is 12.6. The van der Waals surface area contributed by atoms with Crippen molar-refractivity contribution in [1.29, 1.82) is 0 Å². The molecule has 0 unspecified atom stereocenters. The summed E-state index contributed by atoms with van der Waals surface area (Å²) < 4.78 is 0. The molecule has 0 radical (unpaired) electrons. The summed E-state index contributed by atoms with van der Waals surface area (Å²) in [5.41, 5.74) is -0.863. The van der Waals surface area contributed by atoms with Crippen LogP contribution in [0.25, 0.3) is 0 Å². The molecule has 0 saturated heterocycles. The summed E-state index contributed by atoms with van der Waals surface area (Å²) in [5.74, 6) is 0.358. The van der Waals surface area contributed by atoms with Crippen LogP contribution in [-0.4, -0.2) is 38.3 Å². The van der Waals surface area contributed by atoms with Gasteiger partial charge in [0.1, 0.15) is 5.82 Å². The first-order valence-electron chi connectivity index (χ1n) is 5.52. The van der Waals surface area contributed by atoms with Crippen LogP contribution < -0.4 is 5.32 Å². The predicted molar refractivity (Wildman–Crippen MR) is 63.7 cm³/mol. The lowest BCUT2D eigenvalue weighted by Gasteiger charge is -2.22. The largest absolute Gasteiger partial charge is 0.394 e. The molecule has 3 N–H and O–H groups in total. The molecule has 0 aromatic carbocycles. The maximum atomic E-state index is 11.8. The lowest BCUT2D eigenvalue weighted by atomic mass is 9.96. The summed E-state index contributed by atoms with van der Waals surface area (Å²) in [4.78, 5) is 15.9. The van der Waals surface area contributed by atoms with Crippen molar-refractivity contribution in [3.8, 4) is 0 Å². The van der Waals surface area contributed by atoms with E-state index in [1.165, 1.54) is 0 Å². The van der Waals surface area contributed by atoms with Crippen molar-refractivity contribution in [2.45, 2.75) is 45.6 Å². The molecule has 0 aliphatic heterocycles.